The van der Waals surface area contributed by atoms with Gasteiger partial charge in [-0.3, -0.25) is 14.5 Å². The molecule has 2 rings (SSSR count). The molecule has 1 spiro atoms. The van der Waals surface area contributed by atoms with Crippen LogP contribution in [0.15, 0.2) is 0 Å². The third-order valence-corrected chi connectivity index (χ3v) is 5.47. The number of imide groups is 1. The van der Waals surface area contributed by atoms with E-state index in [1.807, 2.05) is 0 Å². The number of carbonyl (C=O) groups excluding carboxylic acids is 3. The van der Waals surface area contributed by atoms with Gasteiger partial charge in [0.25, 0.3) is 5.91 Å². The zero-order valence-corrected chi connectivity index (χ0v) is 15.2. The van der Waals surface area contributed by atoms with E-state index in [9.17, 15) is 27.6 Å². The minimum absolute atomic E-state index is 0.0852. The van der Waals surface area contributed by atoms with Crippen molar-refractivity contribution in [1.82, 2.24) is 15.1 Å². The van der Waals surface area contributed by atoms with Crippen LogP contribution < -0.4 is 5.32 Å². The minimum Gasteiger partial charge on any atom is -0.341 e. The van der Waals surface area contributed by atoms with E-state index in [1.54, 1.807) is 6.92 Å². The molecule has 0 aromatic heterocycles. The maximum absolute atomic E-state index is 12.7. The first-order chi connectivity index (χ1) is 12.1. The number of nitrogens with one attached hydrogen (secondary N) is 1. The number of amides is 4. The fourth-order valence-electron chi connectivity index (χ4n) is 3.69. The molecule has 1 saturated heterocycles. The molecule has 4 amide bonds. The molecule has 0 bridgehead atoms. The maximum Gasteiger partial charge on any atom is 0.390 e. The summed E-state index contributed by atoms with van der Waals surface area (Å²) in [5, 5.41) is 2.72. The van der Waals surface area contributed by atoms with Crippen LogP contribution in [0.5, 0.6) is 0 Å². The standard InChI is InChI=1S/C17H26F3N3O3/c1-3-12-5-7-16(8-6-12)14(25)23(15(26)21-16)11-13(24)22(4-2)10-9-17(18,19)20/h12H,3-11H2,1-2H3,(H,21,26). The highest BCUT2D eigenvalue weighted by Crippen LogP contribution is 2.37. The molecule has 6 nitrogen and oxygen atoms in total. The number of alkyl halides is 3. The largest absolute Gasteiger partial charge is 0.390 e. The number of halogens is 3. The monoisotopic (exact) mass is 377 g/mol. The molecule has 1 N–H and O–H groups in total. The fourth-order valence-corrected chi connectivity index (χ4v) is 3.69. The van der Waals surface area contributed by atoms with E-state index < -0.39 is 49.1 Å². The Morgan fingerprint density at radius 2 is 1.88 bits per heavy atom. The number of urea groups is 1. The Morgan fingerprint density at radius 1 is 1.27 bits per heavy atom. The molecule has 26 heavy (non-hydrogen) atoms. The second-order valence-corrected chi connectivity index (χ2v) is 7.09. The summed E-state index contributed by atoms with van der Waals surface area (Å²) in [7, 11) is 0. The number of carbonyl (C=O) groups is 3. The zero-order chi connectivity index (χ0) is 19.5. The lowest BCUT2D eigenvalue weighted by Gasteiger charge is -2.34. The molecule has 1 aliphatic heterocycles. The number of hydrogen-bond acceptors (Lipinski definition) is 3. The summed E-state index contributed by atoms with van der Waals surface area (Å²) in [6.45, 7) is 2.74. The molecule has 9 heteroatoms. The highest BCUT2D eigenvalue weighted by atomic mass is 19.4. The predicted octanol–water partition coefficient (Wildman–Crippen LogP) is 2.68. The fraction of sp³-hybridized carbons (Fsp3) is 0.824. The Labute approximate surface area is 151 Å². The van der Waals surface area contributed by atoms with E-state index in [0.29, 0.717) is 18.8 Å². The normalized spacial score (nSPS) is 26.3. The van der Waals surface area contributed by atoms with Gasteiger partial charge in [0.05, 0.1) is 6.42 Å². The van der Waals surface area contributed by atoms with Gasteiger partial charge in [-0.2, -0.15) is 13.2 Å². The van der Waals surface area contributed by atoms with Gasteiger partial charge < -0.3 is 10.2 Å². The van der Waals surface area contributed by atoms with Gasteiger partial charge in [0.15, 0.2) is 0 Å². The van der Waals surface area contributed by atoms with Gasteiger partial charge in [0.2, 0.25) is 5.91 Å². The van der Waals surface area contributed by atoms with E-state index in [1.165, 1.54) is 0 Å². The van der Waals surface area contributed by atoms with Gasteiger partial charge in [-0.15, -0.1) is 0 Å². The Balaban J connectivity index is 1.99. The van der Waals surface area contributed by atoms with Crippen molar-refractivity contribution in [3.05, 3.63) is 0 Å². The first kappa shape index (κ1) is 20.5. The van der Waals surface area contributed by atoms with E-state index in [4.69, 9.17) is 0 Å². The van der Waals surface area contributed by atoms with Gasteiger partial charge in [-0.25, -0.2) is 4.79 Å². The molecule has 0 radical (unpaired) electrons. The summed E-state index contributed by atoms with van der Waals surface area (Å²) in [5.74, 6) is -0.559. The van der Waals surface area contributed by atoms with Crippen LogP contribution in [0, 0.1) is 5.92 Å². The van der Waals surface area contributed by atoms with E-state index >= 15 is 0 Å². The molecular weight excluding hydrogens is 351 g/mol. The summed E-state index contributed by atoms with van der Waals surface area (Å²) in [4.78, 5) is 39.1. The highest BCUT2D eigenvalue weighted by molar-refractivity contribution is 6.09. The average molecular weight is 377 g/mol. The molecule has 1 saturated carbocycles. The van der Waals surface area contributed by atoms with E-state index in [0.717, 1.165) is 29.1 Å². The number of nitrogens with zero attached hydrogens (tertiary/aromatic N) is 2. The Hall–Kier alpha value is -1.80. The van der Waals surface area contributed by atoms with Crippen LogP contribution in [-0.4, -0.2) is 59.0 Å². The topological polar surface area (TPSA) is 69.7 Å². The SMILES string of the molecule is CCC1CCC2(CC1)NC(=O)N(CC(=O)N(CC)CCC(F)(F)F)C2=O. The molecule has 0 aromatic carbocycles. The molecule has 2 fully saturated rings. The van der Waals surface area contributed by atoms with Crippen molar-refractivity contribution < 1.29 is 27.6 Å². The van der Waals surface area contributed by atoms with Crippen LogP contribution in [0.3, 0.4) is 0 Å². The van der Waals surface area contributed by atoms with Crippen LogP contribution in [0.4, 0.5) is 18.0 Å². The quantitative estimate of drug-likeness (QED) is 0.724. The van der Waals surface area contributed by atoms with Gasteiger partial charge >= 0.3 is 12.2 Å². The van der Waals surface area contributed by atoms with Crippen LogP contribution in [0.2, 0.25) is 0 Å². The van der Waals surface area contributed by atoms with Gasteiger partial charge in [0, 0.05) is 13.1 Å². The first-order valence-corrected chi connectivity index (χ1v) is 9.10. The molecule has 2 aliphatic rings. The van der Waals surface area contributed by atoms with Crippen LogP contribution in [0.1, 0.15) is 52.4 Å². The van der Waals surface area contributed by atoms with Crippen LogP contribution in [0.25, 0.3) is 0 Å². The van der Waals surface area contributed by atoms with Gasteiger partial charge in [-0.05, 0) is 38.5 Å². The molecule has 1 aliphatic carbocycles. The summed E-state index contributed by atoms with van der Waals surface area (Å²) >= 11 is 0. The smallest absolute Gasteiger partial charge is 0.341 e. The summed E-state index contributed by atoms with van der Waals surface area (Å²) < 4.78 is 37.1. The van der Waals surface area contributed by atoms with Gasteiger partial charge in [0.1, 0.15) is 12.1 Å². The summed E-state index contributed by atoms with van der Waals surface area (Å²) in [5.41, 5.74) is -0.952. The van der Waals surface area contributed by atoms with Crippen molar-refractivity contribution in [3.63, 3.8) is 0 Å². The third kappa shape index (κ3) is 4.48. The molecule has 148 valence electrons. The number of hydrogen-bond donors (Lipinski definition) is 1. The lowest BCUT2D eigenvalue weighted by Crippen LogP contribution is -2.50. The molecule has 0 atom stereocenters. The van der Waals surface area contributed by atoms with Crippen LogP contribution in [-0.2, 0) is 9.59 Å². The second kappa shape index (κ2) is 7.84. The Morgan fingerprint density at radius 3 is 2.38 bits per heavy atom. The van der Waals surface area contributed by atoms with Crippen molar-refractivity contribution in [2.75, 3.05) is 19.6 Å². The first-order valence-electron chi connectivity index (χ1n) is 9.10. The highest BCUT2D eigenvalue weighted by Gasteiger charge is 2.52. The van der Waals surface area contributed by atoms with Crippen molar-refractivity contribution in [1.29, 1.82) is 0 Å². The third-order valence-electron chi connectivity index (χ3n) is 5.47. The summed E-state index contributed by atoms with van der Waals surface area (Å²) in [6.07, 6.45) is -1.73. The van der Waals surface area contributed by atoms with Gasteiger partial charge in [-0.1, -0.05) is 13.3 Å². The average Bonchev–Trinajstić information content (AvgIpc) is 2.79. The minimum atomic E-state index is -4.36. The molecule has 1 heterocycles. The predicted molar refractivity (Wildman–Crippen MR) is 88.2 cm³/mol. The van der Waals surface area contributed by atoms with E-state index in [-0.39, 0.29) is 6.54 Å². The second-order valence-electron chi connectivity index (χ2n) is 7.09. The van der Waals surface area contributed by atoms with E-state index in [2.05, 4.69) is 12.2 Å². The number of rotatable bonds is 6. The Kier molecular flexibility index (Phi) is 6.18. The lowest BCUT2D eigenvalue weighted by atomic mass is 9.75. The molecule has 0 aromatic rings. The molecule has 0 unspecified atom stereocenters. The van der Waals surface area contributed by atoms with Crippen LogP contribution >= 0.6 is 0 Å². The number of likely N-dealkylation sites (N-methyl/N-ethyl adjacent to an activating group) is 1. The van der Waals surface area contributed by atoms with Crippen molar-refractivity contribution in [2.24, 2.45) is 5.92 Å². The summed E-state index contributed by atoms with van der Waals surface area (Å²) in [6, 6.07) is -0.634. The lowest BCUT2D eigenvalue weighted by molar-refractivity contribution is -0.147. The van der Waals surface area contributed by atoms with Crippen molar-refractivity contribution >= 4 is 17.8 Å². The Bertz CT molecular complexity index is 557. The molecular formula is C17H26F3N3O3. The van der Waals surface area contributed by atoms with Crippen molar-refractivity contribution in [3.8, 4) is 0 Å². The maximum atomic E-state index is 12.7. The zero-order valence-electron chi connectivity index (χ0n) is 15.2. The van der Waals surface area contributed by atoms with Crippen molar-refractivity contribution in [2.45, 2.75) is 64.1 Å².